The topological polar surface area (TPSA) is 64.6 Å². The number of carbonyl (C=O) groups is 1. The van der Waals surface area contributed by atoms with E-state index in [-0.39, 0.29) is 17.8 Å². The molecule has 6 nitrogen and oxygen atoms in total. The fourth-order valence-electron chi connectivity index (χ4n) is 2.25. The van der Waals surface area contributed by atoms with E-state index in [1.165, 1.54) is 4.90 Å². The van der Waals surface area contributed by atoms with Crippen molar-refractivity contribution in [2.75, 3.05) is 10.8 Å². The Morgan fingerprint density at radius 1 is 1.22 bits per heavy atom. The molecule has 0 atom stereocenters. The Bertz CT molecular complexity index is 562. The van der Waals surface area contributed by atoms with Crippen molar-refractivity contribution in [2.24, 2.45) is 0 Å². The van der Waals surface area contributed by atoms with E-state index >= 15 is 0 Å². The van der Waals surface area contributed by atoms with Crippen molar-refractivity contribution in [1.29, 1.82) is 0 Å². The number of aromatic nitrogens is 2. The van der Waals surface area contributed by atoms with Gasteiger partial charge >= 0.3 is 7.12 Å². The maximum Gasteiger partial charge on any atom is 0.498 e. The SMILES string of the molecule is CC(C)N(C(=O)CCl)c1ncc(B2OC(C)(C)C(C)(C)O2)cn1. The second-order valence-corrected chi connectivity index (χ2v) is 7.16. The lowest BCUT2D eigenvalue weighted by atomic mass is 9.81. The molecule has 23 heavy (non-hydrogen) atoms. The van der Waals surface area contributed by atoms with E-state index in [0.29, 0.717) is 5.95 Å². The monoisotopic (exact) mass is 339 g/mol. The Hall–Kier alpha value is -1.18. The van der Waals surface area contributed by atoms with Gasteiger partial charge in [-0.25, -0.2) is 9.97 Å². The summed E-state index contributed by atoms with van der Waals surface area (Å²) in [6.07, 6.45) is 3.25. The molecule has 1 aliphatic heterocycles. The van der Waals surface area contributed by atoms with Crippen molar-refractivity contribution in [3.05, 3.63) is 12.4 Å². The second kappa shape index (κ2) is 6.38. The van der Waals surface area contributed by atoms with Gasteiger partial charge in [0.1, 0.15) is 5.88 Å². The van der Waals surface area contributed by atoms with Crippen LogP contribution < -0.4 is 10.4 Å². The fourth-order valence-corrected chi connectivity index (χ4v) is 2.38. The molecule has 1 saturated heterocycles. The van der Waals surface area contributed by atoms with Gasteiger partial charge in [0, 0.05) is 23.9 Å². The van der Waals surface area contributed by atoms with Crippen molar-refractivity contribution in [2.45, 2.75) is 58.8 Å². The minimum atomic E-state index is -0.523. The Balaban J connectivity index is 2.22. The normalized spacial score (nSPS) is 19.2. The maximum atomic E-state index is 11.9. The van der Waals surface area contributed by atoms with Crippen LogP contribution in [-0.2, 0) is 14.1 Å². The van der Waals surface area contributed by atoms with Crippen LogP contribution in [-0.4, -0.2) is 46.1 Å². The predicted molar refractivity (Wildman–Crippen MR) is 91.1 cm³/mol. The summed E-state index contributed by atoms with van der Waals surface area (Å²) in [5.41, 5.74) is -0.126. The molecule has 0 radical (unpaired) electrons. The lowest BCUT2D eigenvalue weighted by molar-refractivity contribution is -0.116. The van der Waals surface area contributed by atoms with E-state index in [1.807, 2.05) is 41.5 Å². The van der Waals surface area contributed by atoms with Crippen LogP contribution in [0.15, 0.2) is 12.4 Å². The average molecular weight is 340 g/mol. The summed E-state index contributed by atoms with van der Waals surface area (Å²) < 4.78 is 11.9. The second-order valence-electron chi connectivity index (χ2n) is 6.90. The number of hydrogen-bond donors (Lipinski definition) is 0. The van der Waals surface area contributed by atoms with Gasteiger partial charge in [0.2, 0.25) is 11.9 Å². The van der Waals surface area contributed by atoms with Crippen molar-refractivity contribution in [1.82, 2.24) is 9.97 Å². The van der Waals surface area contributed by atoms with Crippen molar-refractivity contribution in [3.63, 3.8) is 0 Å². The standard InChI is InChI=1S/C15H23BClN3O3/c1-10(2)20(12(21)7-17)13-18-8-11(9-19-13)16-22-14(3,4)15(5,6)23-16/h8-10H,7H2,1-6H3. The van der Waals surface area contributed by atoms with Gasteiger partial charge in [0.15, 0.2) is 0 Å². The predicted octanol–water partition coefficient (Wildman–Crippen LogP) is 1.76. The van der Waals surface area contributed by atoms with Crippen LogP contribution in [0.3, 0.4) is 0 Å². The van der Waals surface area contributed by atoms with Crippen LogP contribution in [0.5, 0.6) is 0 Å². The zero-order valence-corrected chi connectivity index (χ0v) is 15.2. The van der Waals surface area contributed by atoms with Gasteiger partial charge in [-0.1, -0.05) is 0 Å². The highest BCUT2D eigenvalue weighted by atomic mass is 35.5. The molecule has 1 aromatic rings. The Kier molecular flexibility index (Phi) is 5.04. The molecule has 0 unspecified atom stereocenters. The highest BCUT2D eigenvalue weighted by molar-refractivity contribution is 6.61. The Morgan fingerprint density at radius 2 is 1.70 bits per heavy atom. The third-order valence-electron chi connectivity index (χ3n) is 4.30. The van der Waals surface area contributed by atoms with Crippen LogP contribution in [0.4, 0.5) is 5.95 Å². The fraction of sp³-hybridized carbons (Fsp3) is 0.667. The lowest BCUT2D eigenvalue weighted by Gasteiger charge is -2.32. The van der Waals surface area contributed by atoms with E-state index < -0.39 is 18.3 Å². The molecule has 8 heteroatoms. The third kappa shape index (κ3) is 3.51. The molecule has 1 aliphatic rings. The van der Waals surface area contributed by atoms with E-state index in [1.54, 1.807) is 12.4 Å². The Labute approximate surface area is 142 Å². The minimum Gasteiger partial charge on any atom is -0.399 e. The molecule has 0 N–H and O–H groups in total. The molecule has 2 rings (SSSR count). The number of carbonyl (C=O) groups excluding carboxylic acids is 1. The van der Waals surface area contributed by atoms with Gasteiger partial charge in [0.05, 0.1) is 11.2 Å². The maximum absolute atomic E-state index is 11.9. The molecule has 0 bridgehead atoms. The molecule has 1 amide bonds. The molecule has 0 saturated carbocycles. The number of anilines is 1. The number of amides is 1. The zero-order chi connectivity index (χ0) is 17.4. The molecular formula is C15H23BClN3O3. The highest BCUT2D eigenvalue weighted by Crippen LogP contribution is 2.36. The van der Waals surface area contributed by atoms with Gasteiger partial charge in [-0.05, 0) is 41.5 Å². The van der Waals surface area contributed by atoms with Crippen LogP contribution >= 0.6 is 11.6 Å². The number of rotatable bonds is 4. The summed E-state index contributed by atoms with van der Waals surface area (Å²) in [4.78, 5) is 22.0. The number of alkyl halides is 1. The summed E-state index contributed by atoms with van der Waals surface area (Å²) in [6, 6.07) is -0.0797. The number of halogens is 1. The average Bonchev–Trinajstić information content (AvgIpc) is 2.67. The molecule has 1 aromatic heterocycles. The van der Waals surface area contributed by atoms with Gasteiger partial charge in [-0.3, -0.25) is 9.69 Å². The van der Waals surface area contributed by atoms with Gasteiger partial charge in [-0.15, -0.1) is 11.6 Å². The van der Waals surface area contributed by atoms with Crippen LogP contribution in [0.2, 0.25) is 0 Å². The first-order valence-electron chi connectivity index (χ1n) is 7.64. The smallest absolute Gasteiger partial charge is 0.399 e. The Morgan fingerprint density at radius 3 is 2.09 bits per heavy atom. The van der Waals surface area contributed by atoms with Gasteiger partial charge in [0.25, 0.3) is 0 Å². The minimum absolute atomic E-state index is 0.0797. The quantitative estimate of drug-likeness (QED) is 0.618. The number of nitrogens with zero attached hydrogens (tertiary/aromatic N) is 3. The lowest BCUT2D eigenvalue weighted by Crippen LogP contribution is -2.41. The first kappa shape index (κ1) is 18.2. The first-order valence-corrected chi connectivity index (χ1v) is 8.18. The van der Waals surface area contributed by atoms with Gasteiger partial charge in [-0.2, -0.15) is 0 Å². The first-order chi connectivity index (χ1) is 10.6. The highest BCUT2D eigenvalue weighted by Gasteiger charge is 2.52. The van der Waals surface area contributed by atoms with Gasteiger partial charge < -0.3 is 9.31 Å². The molecule has 0 spiro atoms. The van der Waals surface area contributed by atoms with Crippen LogP contribution in [0.25, 0.3) is 0 Å². The van der Waals surface area contributed by atoms with Crippen LogP contribution in [0.1, 0.15) is 41.5 Å². The van der Waals surface area contributed by atoms with E-state index in [4.69, 9.17) is 20.9 Å². The van der Waals surface area contributed by atoms with Crippen molar-refractivity contribution >= 4 is 36.0 Å². The number of hydrogen-bond acceptors (Lipinski definition) is 5. The van der Waals surface area contributed by atoms with E-state index in [2.05, 4.69) is 9.97 Å². The molecule has 2 heterocycles. The molecule has 1 fully saturated rings. The van der Waals surface area contributed by atoms with Crippen molar-refractivity contribution in [3.8, 4) is 0 Å². The molecule has 0 aromatic carbocycles. The summed E-state index contributed by atoms with van der Waals surface area (Å²) in [6.45, 7) is 11.7. The van der Waals surface area contributed by atoms with E-state index in [9.17, 15) is 4.79 Å². The van der Waals surface area contributed by atoms with Crippen LogP contribution in [0, 0.1) is 0 Å². The third-order valence-corrected chi connectivity index (χ3v) is 4.53. The zero-order valence-electron chi connectivity index (χ0n) is 14.5. The summed E-state index contributed by atoms with van der Waals surface area (Å²) in [7, 11) is -0.523. The molecule has 126 valence electrons. The van der Waals surface area contributed by atoms with E-state index in [0.717, 1.165) is 5.46 Å². The van der Waals surface area contributed by atoms with Crippen molar-refractivity contribution < 1.29 is 14.1 Å². The molecule has 0 aliphatic carbocycles. The summed E-state index contributed by atoms with van der Waals surface area (Å²) >= 11 is 5.65. The largest absolute Gasteiger partial charge is 0.498 e. The summed E-state index contributed by atoms with van der Waals surface area (Å²) in [5.74, 6) is -0.0171. The summed E-state index contributed by atoms with van der Waals surface area (Å²) in [5, 5.41) is 0. The molecular weight excluding hydrogens is 316 g/mol.